The number of urea groups is 1. The van der Waals surface area contributed by atoms with Gasteiger partial charge in [0.1, 0.15) is 5.54 Å². The molecule has 1 aliphatic carbocycles. The van der Waals surface area contributed by atoms with E-state index >= 15 is 0 Å². The van der Waals surface area contributed by atoms with E-state index < -0.39 is 5.54 Å². The standard InChI is InChI=1S/C15H23N3O2/c1-14(2,11-16)7-5-6-10-18-13(20)17-12(19)15(18)8-3-4-9-15/h3-10H2,1-2H3,(H,17,19,20). The topological polar surface area (TPSA) is 73.2 Å². The van der Waals surface area contributed by atoms with Gasteiger partial charge in [-0.25, -0.2) is 4.79 Å². The minimum atomic E-state index is -0.568. The zero-order valence-electron chi connectivity index (χ0n) is 12.4. The number of imide groups is 1. The molecule has 1 spiro atoms. The van der Waals surface area contributed by atoms with Crippen LogP contribution in [0.3, 0.4) is 0 Å². The molecule has 2 fully saturated rings. The third-order valence-corrected chi connectivity index (χ3v) is 4.57. The van der Waals surface area contributed by atoms with Crippen LogP contribution in [0.15, 0.2) is 0 Å². The van der Waals surface area contributed by atoms with E-state index in [1.807, 2.05) is 13.8 Å². The zero-order valence-corrected chi connectivity index (χ0v) is 12.4. The first-order valence-corrected chi connectivity index (χ1v) is 7.46. The third kappa shape index (κ3) is 2.65. The number of nitrogens with one attached hydrogen (secondary N) is 1. The molecule has 1 heterocycles. The molecule has 110 valence electrons. The van der Waals surface area contributed by atoms with Gasteiger partial charge < -0.3 is 4.90 Å². The van der Waals surface area contributed by atoms with E-state index in [2.05, 4.69) is 11.4 Å². The lowest BCUT2D eigenvalue weighted by atomic mass is 9.89. The fourth-order valence-corrected chi connectivity index (χ4v) is 3.26. The minimum absolute atomic E-state index is 0.114. The summed E-state index contributed by atoms with van der Waals surface area (Å²) in [5.74, 6) is -0.114. The Morgan fingerprint density at radius 3 is 2.55 bits per heavy atom. The van der Waals surface area contributed by atoms with Gasteiger partial charge in [0, 0.05) is 6.54 Å². The molecule has 0 aromatic carbocycles. The number of nitriles is 1. The van der Waals surface area contributed by atoms with Gasteiger partial charge in [0.05, 0.1) is 11.5 Å². The van der Waals surface area contributed by atoms with Crippen LogP contribution >= 0.6 is 0 Å². The van der Waals surface area contributed by atoms with E-state index in [4.69, 9.17) is 5.26 Å². The van der Waals surface area contributed by atoms with Gasteiger partial charge in [-0.2, -0.15) is 5.26 Å². The quantitative estimate of drug-likeness (QED) is 0.620. The molecule has 2 rings (SSSR count). The largest absolute Gasteiger partial charge is 0.325 e. The van der Waals surface area contributed by atoms with Gasteiger partial charge in [-0.1, -0.05) is 19.3 Å². The van der Waals surface area contributed by atoms with Gasteiger partial charge in [-0.3, -0.25) is 10.1 Å². The van der Waals surface area contributed by atoms with Gasteiger partial charge in [0.15, 0.2) is 0 Å². The van der Waals surface area contributed by atoms with Crippen molar-refractivity contribution in [3.8, 4) is 6.07 Å². The highest BCUT2D eigenvalue weighted by atomic mass is 16.2. The highest BCUT2D eigenvalue weighted by Crippen LogP contribution is 2.38. The van der Waals surface area contributed by atoms with Crippen molar-refractivity contribution in [1.82, 2.24) is 10.2 Å². The molecule has 5 nitrogen and oxygen atoms in total. The number of rotatable bonds is 5. The van der Waals surface area contributed by atoms with Crippen molar-refractivity contribution in [2.24, 2.45) is 5.41 Å². The zero-order chi connectivity index (χ0) is 14.8. The summed E-state index contributed by atoms with van der Waals surface area (Å²) in [5, 5.41) is 11.4. The fourth-order valence-electron chi connectivity index (χ4n) is 3.26. The van der Waals surface area contributed by atoms with Crippen molar-refractivity contribution in [2.45, 2.75) is 64.3 Å². The van der Waals surface area contributed by atoms with Crippen molar-refractivity contribution in [3.05, 3.63) is 0 Å². The Kier molecular flexibility index (Phi) is 4.03. The maximum Gasteiger partial charge on any atom is 0.325 e. The second-order valence-electron chi connectivity index (χ2n) is 6.60. The molecule has 0 bridgehead atoms. The van der Waals surface area contributed by atoms with Crippen LogP contribution in [0.25, 0.3) is 0 Å². The van der Waals surface area contributed by atoms with Gasteiger partial charge in [-0.15, -0.1) is 0 Å². The minimum Gasteiger partial charge on any atom is -0.310 e. The first kappa shape index (κ1) is 14.8. The van der Waals surface area contributed by atoms with Crippen molar-refractivity contribution in [3.63, 3.8) is 0 Å². The Balaban J connectivity index is 1.90. The Labute approximate surface area is 120 Å². The maximum absolute atomic E-state index is 12.0. The number of carbonyl (C=O) groups is 2. The highest BCUT2D eigenvalue weighted by molar-refractivity contribution is 6.07. The second kappa shape index (κ2) is 5.43. The Hall–Kier alpha value is -1.57. The average Bonchev–Trinajstić information content (AvgIpc) is 2.96. The summed E-state index contributed by atoms with van der Waals surface area (Å²) in [4.78, 5) is 25.7. The molecule has 0 unspecified atom stereocenters. The summed E-state index contributed by atoms with van der Waals surface area (Å²) in [6.45, 7) is 4.47. The van der Waals surface area contributed by atoms with Crippen LogP contribution in [-0.2, 0) is 4.79 Å². The van der Waals surface area contributed by atoms with Crippen LogP contribution in [0.4, 0.5) is 4.79 Å². The molecule has 1 N–H and O–H groups in total. The Morgan fingerprint density at radius 1 is 1.30 bits per heavy atom. The van der Waals surface area contributed by atoms with Crippen LogP contribution in [-0.4, -0.2) is 28.9 Å². The molecule has 20 heavy (non-hydrogen) atoms. The summed E-state index contributed by atoms with van der Waals surface area (Å²) in [6, 6.07) is 2.05. The lowest BCUT2D eigenvalue weighted by Crippen LogP contribution is -2.47. The molecule has 1 saturated heterocycles. The van der Waals surface area contributed by atoms with Crippen LogP contribution in [0, 0.1) is 16.7 Å². The lowest BCUT2D eigenvalue weighted by molar-refractivity contribution is -0.126. The maximum atomic E-state index is 12.0. The molecular weight excluding hydrogens is 254 g/mol. The summed E-state index contributed by atoms with van der Waals surface area (Å²) < 4.78 is 0. The lowest BCUT2D eigenvalue weighted by Gasteiger charge is -2.31. The molecular formula is C15H23N3O2. The fraction of sp³-hybridized carbons (Fsp3) is 0.800. The predicted molar refractivity (Wildman–Crippen MR) is 74.7 cm³/mol. The van der Waals surface area contributed by atoms with E-state index in [0.29, 0.717) is 6.54 Å². The smallest absolute Gasteiger partial charge is 0.310 e. The van der Waals surface area contributed by atoms with Gasteiger partial charge in [-0.05, 0) is 39.5 Å². The molecule has 5 heteroatoms. The van der Waals surface area contributed by atoms with Crippen molar-refractivity contribution >= 4 is 11.9 Å². The number of hydrogen-bond donors (Lipinski definition) is 1. The van der Waals surface area contributed by atoms with Crippen molar-refractivity contribution < 1.29 is 9.59 Å². The summed E-state index contributed by atoms with van der Waals surface area (Å²) >= 11 is 0. The summed E-state index contributed by atoms with van der Waals surface area (Å²) in [6.07, 6.45) is 6.15. The van der Waals surface area contributed by atoms with Crippen LogP contribution in [0.2, 0.25) is 0 Å². The molecule has 3 amide bonds. The van der Waals surface area contributed by atoms with Gasteiger partial charge in [0.2, 0.25) is 0 Å². The number of carbonyl (C=O) groups excluding carboxylic acids is 2. The Morgan fingerprint density at radius 2 is 1.95 bits per heavy atom. The molecule has 1 aliphatic heterocycles. The van der Waals surface area contributed by atoms with E-state index in [1.54, 1.807) is 4.90 Å². The van der Waals surface area contributed by atoms with E-state index in [-0.39, 0.29) is 17.4 Å². The van der Waals surface area contributed by atoms with Crippen LogP contribution < -0.4 is 5.32 Å². The molecule has 0 atom stereocenters. The monoisotopic (exact) mass is 277 g/mol. The van der Waals surface area contributed by atoms with Gasteiger partial charge >= 0.3 is 6.03 Å². The first-order valence-electron chi connectivity index (χ1n) is 7.46. The second-order valence-corrected chi connectivity index (χ2v) is 6.60. The Bertz CT molecular complexity index is 445. The number of hydrogen-bond acceptors (Lipinski definition) is 3. The summed E-state index contributed by atoms with van der Waals surface area (Å²) in [5.41, 5.74) is -0.879. The molecule has 0 aromatic heterocycles. The van der Waals surface area contributed by atoms with Gasteiger partial charge in [0.25, 0.3) is 5.91 Å². The molecule has 1 saturated carbocycles. The molecule has 2 aliphatic rings. The van der Waals surface area contributed by atoms with E-state index in [0.717, 1.165) is 44.9 Å². The molecule has 0 aromatic rings. The van der Waals surface area contributed by atoms with Crippen molar-refractivity contribution in [2.75, 3.05) is 6.54 Å². The SMILES string of the molecule is CC(C)(C#N)CCCCN1C(=O)NC(=O)C12CCCC2. The summed E-state index contributed by atoms with van der Waals surface area (Å²) in [7, 11) is 0. The van der Waals surface area contributed by atoms with E-state index in [1.165, 1.54) is 0 Å². The normalized spacial score (nSPS) is 21.4. The highest BCUT2D eigenvalue weighted by Gasteiger charge is 2.53. The first-order chi connectivity index (χ1) is 9.41. The predicted octanol–water partition coefficient (Wildman–Crippen LogP) is 2.57. The number of amides is 3. The number of unbranched alkanes of at least 4 members (excludes halogenated alkanes) is 1. The number of nitrogens with zero attached hydrogens (tertiary/aromatic N) is 2. The van der Waals surface area contributed by atoms with Crippen LogP contribution in [0.5, 0.6) is 0 Å². The molecule has 0 radical (unpaired) electrons. The van der Waals surface area contributed by atoms with Crippen LogP contribution in [0.1, 0.15) is 58.8 Å². The van der Waals surface area contributed by atoms with Crippen molar-refractivity contribution in [1.29, 1.82) is 5.26 Å². The third-order valence-electron chi connectivity index (χ3n) is 4.57. The average molecular weight is 277 g/mol. The van der Waals surface area contributed by atoms with E-state index in [9.17, 15) is 9.59 Å².